The van der Waals surface area contributed by atoms with Crippen molar-refractivity contribution in [3.8, 4) is 0 Å². The van der Waals surface area contributed by atoms with Crippen LogP contribution in [0, 0.1) is 5.92 Å². The molecule has 1 heterocycles. The molecule has 1 aliphatic heterocycles. The molecule has 0 aromatic heterocycles. The van der Waals surface area contributed by atoms with Gasteiger partial charge in [0.2, 0.25) is 0 Å². The standard InChI is InChI=1S/C16H26N2/c1-4-18(15-10-11-17-12-15)16(13(2)3)14-8-6-5-7-9-14/h5-9,13,15-17H,4,10-12H2,1-3H3. The molecule has 0 bridgehead atoms. The Morgan fingerprint density at radius 2 is 2.00 bits per heavy atom. The van der Waals surface area contributed by atoms with Gasteiger partial charge in [-0.2, -0.15) is 0 Å². The van der Waals surface area contributed by atoms with E-state index in [0.29, 0.717) is 18.0 Å². The molecule has 0 aliphatic carbocycles. The highest BCUT2D eigenvalue weighted by Gasteiger charge is 2.30. The van der Waals surface area contributed by atoms with Gasteiger partial charge in [0, 0.05) is 18.6 Å². The molecule has 1 aromatic rings. The molecule has 0 amide bonds. The minimum atomic E-state index is 0.543. The number of benzene rings is 1. The lowest BCUT2D eigenvalue weighted by molar-refractivity contribution is 0.116. The van der Waals surface area contributed by atoms with Crippen LogP contribution in [0.15, 0.2) is 30.3 Å². The number of nitrogens with zero attached hydrogens (tertiary/aromatic N) is 1. The maximum atomic E-state index is 3.49. The molecule has 1 aliphatic rings. The molecule has 2 rings (SSSR count). The van der Waals surface area contributed by atoms with E-state index in [9.17, 15) is 0 Å². The number of hydrogen-bond acceptors (Lipinski definition) is 2. The molecule has 1 aromatic carbocycles. The van der Waals surface area contributed by atoms with Crippen molar-refractivity contribution < 1.29 is 0 Å². The Hall–Kier alpha value is -0.860. The molecule has 2 nitrogen and oxygen atoms in total. The number of hydrogen-bond donors (Lipinski definition) is 1. The zero-order valence-electron chi connectivity index (χ0n) is 11.9. The highest BCUT2D eigenvalue weighted by Crippen LogP contribution is 2.31. The van der Waals surface area contributed by atoms with Crippen molar-refractivity contribution in [1.82, 2.24) is 10.2 Å². The van der Waals surface area contributed by atoms with E-state index in [1.807, 2.05) is 0 Å². The first-order valence-corrected chi connectivity index (χ1v) is 7.25. The molecule has 100 valence electrons. The minimum absolute atomic E-state index is 0.543. The third kappa shape index (κ3) is 2.93. The molecule has 18 heavy (non-hydrogen) atoms. The zero-order valence-corrected chi connectivity index (χ0v) is 11.9. The highest BCUT2D eigenvalue weighted by atomic mass is 15.2. The maximum absolute atomic E-state index is 3.49. The Bertz CT molecular complexity index is 341. The van der Waals surface area contributed by atoms with Gasteiger partial charge in [0.25, 0.3) is 0 Å². The molecule has 2 heteroatoms. The Morgan fingerprint density at radius 3 is 2.50 bits per heavy atom. The Labute approximate surface area is 111 Å². The van der Waals surface area contributed by atoms with Gasteiger partial charge in [-0.05, 0) is 31.0 Å². The summed E-state index contributed by atoms with van der Waals surface area (Å²) < 4.78 is 0. The van der Waals surface area contributed by atoms with Crippen LogP contribution >= 0.6 is 0 Å². The second kappa shape index (κ2) is 6.35. The normalized spacial score (nSPS) is 21.7. The quantitative estimate of drug-likeness (QED) is 0.859. The molecule has 0 saturated carbocycles. The van der Waals surface area contributed by atoms with E-state index >= 15 is 0 Å². The fourth-order valence-corrected chi connectivity index (χ4v) is 3.21. The summed E-state index contributed by atoms with van der Waals surface area (Å²) >= 11 is 0. The third-order valence-electron chi connectivity index (χ3n) is 4.00. The predicted molar refractivity (Wildman–Crippen MR) is 77.7 cm³/mol. The summed E-state index contributed by atoms with van der Waals surface area (Å²) in [6.07, 6.45) is 1.28. The van der Waals surface area contributed by atoms with E-state index in [1.165, 1.54) is 18.5 Å². The van der Waals surface area contributed by atoms with Crippen LogP contribution in [0.2, 0.25) is 0 Å². The largest absolute Gasteiger partial charge is 0.315 e. The molecular formula is C16H26N2. The van der Waals surface area contributed by atoms with Gasteiger partial charge in [0.05, 0.1) is 0 Å². The smallest absolute Gasteiger partial charge is 0.0374 e. The summed E-state index contributed by atoms with van der Waals surface area (Å²) in [4.78, 5) is 2.68. The van der Waals surface area contributed by atoms with Crippen LogP contribution in [0.4, 0.5) is 0 Å². The Morgan fingerprint density at radius 1 is 1.28 bits per heavy atom. The van der Waals surface area contributed by atoms with E-state index < -0.39 is 0 Å². The van der Waals surface area contributed by atoms with Crippen molar-refractivity contribution in [2.75, 3.05) is 19.6 Å². The number of likely N-dealkylation sites (N-methyl/N-ethyl adjacent to an activating group) is 1. The van der Waals surface area contributed by atoms with Gasteiger partial charge < -0.3 is 5.32 Å². The summed E-state index contributed by atoms with van der Waals surface area (Å²) in [7, 11) is 0. The topological polar surface area (TPSA) is 15.3 Å². The fraction of sp³-hybridized carbons (Fsp3) is 0.625. The lowest BCUT2D eigenvalue weighted by Gasteiger charge is -2.38. The second-order valence-corrected chi connectivity index (χ2v) is 5.58. The van der Waals surface area contributed by atoms with Crippen molar-refractivity contribution in [3.05, 3.63) is 35.9 Å². The lowest BCUT2D eigenvalue weighted by atomic mass is 9.93. The molecule has 2 unspecified atom stereocenters. The number of nitrogens with one attached hydrogen (secondary N) is 1. The van der Waals surface area contributed by atoms with Crippen LogP contribution in [0.25, 0.3) is 0 Å². The van der Waals surface area contributed by atoms with Crippen LogP contribution in [0.3, 0.4) is 0 Å². The SMILES string of the molecule is CCN(C1CCNC1)C(c1ccccc1)C(C)C. The van der Waals surface area contributed by atoms with Gasteiger partial charge >= 0.3 is 0 Å². The monoisotopic (exact) mass is 246 g/mol. The Balaban J connectivity index is 2.22. The molecule has 0 spiro atoms. The van der Waals surface area contributed by atoms with E-state index in [1.54, 1.807) is 0 Å². The van der Waals surface area contributed by atoms with E-state index in [4.69, 9.17) is 0 Å². The van der Waals surface area contributed by atoms with Crippen molar-refractivity contribution in [2.45, 2.75) is 39.3 Å². The number of rotatable bonds is 5. The summed E-state index contributed by atoms with van der Waals surface area (Å²) in [6, 6.07) is 12.2. The van der Waals surface area contributed by atoms with Crippen molar-refractivity contribution in [1.29, 1.82) is 0 Å². The van der Waals surface area contributed by atoms with Crippen LogP contribution < -0.4 is 5.32 Å². The zero-order chi connectivity index (χ0) is 13.0. The van der Waals surface area contributed by atoms with E-state index in [-0.39, 0.29) is 0 Å². The molecule has 1 fully saturated rings. The van der Waals surface area contributed by atoms with Gasteiger partial charge in [-0.15, -0.1) is 0 Å². The van der Waals surface area contributed by atoms with Crippen LogP contribution in [-0.4, -0.2) is 30.6 Å². The van der Waals surface area contributed by atoms with Gasteiger partial charge in [-0.1, -0.05) is 51.1 Å². The van der Waals surface area contributed by atoms with Gasteiger partial charge in [-0.3, -0.25) is 4.90 Å². The van der Waals surface area contributed by atoms with Crippen molar-refractivity contribution in [3.63, 3.8) is 0 Å². The van der Waals surface area contributed by atoms with Crippen LogP contribution in [0.5, 0.6) is 0 Å². The first-order chi connectivity index (χ1) is 8.74. The van der Waals surface area contributed by atoms with Crippen molar-refractivity contribution in [2.24, 2.45) is 5.92 Å². The highest BCUT2D eigenvalue weighted by molar-refractivity contribution is 5.20. The van der Waals surface area contributed by atoms with Crippen LogP contribution in [-0.2, 0) is 0 Å². The van der Waals surface area contributed by atoms with Gasteiger partial charge in [-0.25, -0.2) is 0 Å². The first-order valence-electron chi connectivity index (χ1n) is 7.25. The van der Waals surface area contributed by atoms with Crippen LogP contribution in [0.1, 0.15) is 38.8 Å². The fourth-order valence-electron chi connectivity index (χ4n) is 3.21. The first kappa shape index (κ1) is 13.6. The minimum Gasteiger partial charge on any atom is -0.315 e. The summed E-state index contributed by atoms with van der Waals surface area (Å²) in [5.74, 6) is 0.646. The predicted octanol–water partition coefficient (Wildman–Crippen LogP) is 3.07. The van der Waals surface area contributed by atoms with E-state index in [0.717, 1.165) is 13.1 Å². The summed E-state index contributed by atoms with van der Waals surface area (Å²) in [5.41, 5.74) is 1.46. The molecular weight excluding hydrogens is 220 g/mol. The summed E-state index contributed by atoms with van der Waals surface area (Å²) in [5, 5.41) is 3.49. The van der Waals surface area contributed by atoms with Gasteiger partial charge in [0.15, 0.2) is 0 Å². The Kier molecular flexibility index (Phi) is 4.79. The molecule has 1 saturated heterocycles. The van der Waals surface area contributed by atoms with Gasteiger partial charge in [0.1, 0.15) is 0 Å². The lowest BCUT2D eigenvalue weighted by Crippen LogP contribution is -2.41. The maximum Gasteiger partial charge on any atom is 0.0374 e. The molecule has 2 atom stereocenters. The summed E-state index contributed by atoms with van der Waals surface area (Å²) in [6.45, 7) is 10.4. The van der Waals surface area contributed by atoms with E-state index in [2.05, 4.69) is 61.3 Å². The molecule has 0 radical (unpaired) electrons. The van der Waals surface area contributed by atoms with Crippen molar-refractivity contribution >= 4 is 0 Å². The average Bonchev–Trinajstić information content (AvgIpc) is 2.90. The average molecular weight is 246 g/mol. The second-order valence-electron chi connectivity index (χ2n) is 5.58. The molecule has 1 N–H and O–H groups in total. The third-order valence-corrected chi connectivity index (χ3v) is 4.00.